The standard InChI is InChI=1S/C13H22N4O2/c1-9-7-12(16-19-9)15-13(18)8-17(2)11-5-3-10(14)4-6-11/h7,10-11H,3-6,8,14H2,1-2H3,(H,15,16,18). The minimum Gasteiger partial charge on any atom is -0.360 e. The first kappa shape index (κ1) is 14.0. The summed E-state index contributed by atoms with van der Waals surface area (Å²) in [6, 6.07) is 2.48. The van der Waals surface area contributed by atoms with Crippen molar-refractivity contribution in [2.24, 2.45) is 5.73 Å². The molecule has 0 atom stereocenters. The molecule has 1 aliphatic carbocycles. The van der Waals surface area contributed by atoms with E-state index in [1.807, 2.05) is 7.05 Å². The molecular weight excluding hydrogens is 244 g/mol. The SMILES string of the molecule is Cc1cc(NC(=O)CN(C)C2CCC(N)CC2)no1. The third-order valence-corrected chi connectivity index (χ3v) is 3.65. The van der Waals surface area contributed by atoms with Gasteiger partial charge in [0.15, 0.2) is 5.82 Å². The first-order chi connectivity index (χ1) is 9.04. The topological polar surface area (TPSA) is 84.4 Å². The number of amides is 1. The second-order valence-corrected chi connectivity index (χ2v) is 5.35. The summed E-state index contributed by atoms with van der Waals surface area (Å²) < 4.78 is 4.91. The quantitative estimate of drug-likeness (QED) is 0.853. The zero-order chi connectivity index (χ0) is 13.8. The molecule has 0 aliphatic heterocycles. The minimum atomic E-state index is -0.0642. The zero-order valence-electron chi connectivity index (χ0n) is 11.6. The lowest BCUT2D eigenvalue weighted by Crippen LogP contribution is -2.42. The number of nitrogens with two attached hydrogens (primary N) is 1. The number of anilines is 1. The van der Waals surface area contributed by atoms with Crippen molar-refractivity contribution in [3.63, 3.8) is 0 Å². The maximum absolute atomic E-state index is 11.9. The van der Waals surface area contributed by atoms with Crippen molar-refractivity contribution >= 4 is 11.7 Å². The molecule has 1 amide bonds. The Kier molecular flexibility index (Phi) is 4.55. The lowest BCUT2D eigenvalue weighted by molar-refractivity contribution is -0.117. The van der Waals surface area contributed by atoms with Crippen LogP contribution in [0.4, 0.5) is 5.82 Å². The molecule has 1 heterocycles. The van der Waals surface area contributed by atoms with Gasteiger partial charge in [-0.15, -0.1) is 0 Å². The number of hydrogen-bond donors (Lipinski definition) is 2. The molecule has 1 saturated carbocycles. The number of nitrogens with zero attached hydrogens (tertiary/aromatic N) is 2. The van der Waals surface area contributed by atoms with Gasteiger partial charge in [-0.05, 0) is 39.7 Å². The van der Waals surface area contributed by atoms with Gasteiger partial charge in [-0.2, -0.15) is 0 Å². The van der Waals surface area contributed by atoms with Crippen LogP contribution >= 0.6 is 0 Å². The number of carbonyl (C=O) groups excluding carboxylic acids is 1. The van der Waals surface area contributed by atoms with E-state index in [2.05, 4.69) is 15.4 Å². The van der Waals surface area contributed by atoms with Crippen molar-refractivity contribution in [2.45, 2.75) is 44.7 Å². The van der Waals surface area contributed by atoms with E-state index in [1.165, 1.54) is 0 Å². The molecule has 1 aliphatic rings. The highest BCUT2D eigenvalue weighted by Gasteiger charge is 2.23. The van der Waals surface area contributed by atoms with Crippen molar-refractivity contribution in [3.8, 4) is 0 Å². The molecule has 0 aromatic carbocycles. The normalized spacial score (nSPS) is 23.6. The fourth-order valence-electron chi connectivity index (χ4n) is 2.51. The summed E-state index contributed by atoms with van der Waals surface area (Å²) in [6.45, 7) is 2.16. The molecule has 2 rings (SSSR count). The summed E-state index contributed by atoms with van der Waals surface area (Å²) in [4.78, 5) is 14.0. The fourth-order valence-corrected chi connectivity index (χ4v) is 2.51. The van der Waals surface area contributed by atoms with Crippen molar-refractivity contribution in [3.05, 3.63) is 11.8 Å². The molecule has 0 unspecified atom stereocenters. The van der Waals surface area contributed by atoms with Gasteiger partial charge in [0.05, 0.1) is 6.54 Å². The number of nitrogens with one attached hydrogen (secondary N) is 1. The van der Waals surface area contributed by atoms with Gasteiger partial charge < -0.3 is 15.6 Å². The lowest BCUT2D eigenvalue weighted by Gasteiger charge is -2.32. The number of aromatic nitrogens is 1. The molecule has 19 heavy (non-hydrogen) atoms. The van der Waals surface area contributed by atoms with Crippen molar-refractivity contribution in [1.29, 1.82) is 0 Å². The number of rotatable bonds is 4. The van der Waals surface area contributed by atoms with E-state index in [0.717, 1.165) is 25.7 Å². The van der Waals surface area contributed by atoms with E-state index >= 15 is 0 Å². The first-order valence-corrected chi connectivity index (χ1v) is 6.73. The Bertz CT molecular complexity index is 424. The van der Waals surface area contributed by atoms with Gasteiger partial charge in [0.25, 0.3) is 0 Å². The monoisotopic (exact) mass is 266 g/mol. The third kappa shape index (κ3) is 4.04. The van der Waals surface area contributed by atoms with E-state index in [9.17, 15) is 4.79 Å². The second-order valence-electron chi connectivity index (χ2n) is 5.35. The van der Waals surface area contributed by atoms with E-state index in [1.54, 1.807) is 13.0 Å². The van der Waals surface area contributed by atoms with Crippen molar-refractivity contribution < 1.29 is 9.32 Å². The molecular formula is C13H22N4O2. The molecule has 0 saturated heterocycles. The molecule has 0 spiro atoms. The highest BCUT2D eigenvalue weighted by atomic mass is 16.5. The molecule has 1 aromatic rings. The average molecular weight is 266 g/mol. The molecule has 0 bridgehead atoms. The van der Waals surface area contributed by atoms with Gasteiger partial charge in [0.2, 0.25) is 5.91 Å². The Morgan fingerprint density at radius 2 is 2.21 bits per heavy atom. The predicted molar refractivity (Wildman–Crippen MR) is 72.7 cm³/mol. The fraction of sp³-hybridized carbons (Fsp3) is 0.692. The highest BCUT2D eigenvalue weighted by Crippen LogP contribution is 2.21. The largest absolute Gasteiger partial charge is 0.360 e. The average Bonchev–Trinajstić information content (AvgIpc) is 2.75. The van der Waals surface area contributed by atoms with Gasteiger partial charge in [0, 0.05) is 18.2 Å². The van der Waals surface area contributed by atoms with Crippen LogP contribution in [0.5, 0.6) is 0 Å². The smallest absolute Gasteiger partial charge is 0.239 e. The maximum Gasteiger partial charge on any atom is 0.239 e. The summed E-state index contributed by atoms with van der Waals surface area (Å²) in [5.41, 5.74) is 5.89. The number of aryl methyl sites for hydroxylation is 1. The second kappa shape index (κ2) is 6.16. The maximum atomic E-state index is 11.9. The third-order valence-electron chi connectivity index (χ3n) is 3.65. The summed E-state index contributed by atoms with van der Waals surface area (Å²) in [6.07, 6.45) is 4.21. The van der Waals surface area contributed by atoms with Gasteiger partial charge in [0.1, 0.15) is 5.76 Å². The molecule has 1 aromatic heterocycles. The minimum absolute atomic E-state index is 0.0642. The molecule has 3 N–H and O–H groups in total. The van der Waals surface area contributed by atoms with Crippen LogP contribution in [0, 0.1) is 6.92 Å². The van der Waals surface area contributed by atoms with Crippen LogP contribution in [-0.2, 0) is 4.79 Å². The summed E-state index contributed by atoms with van der Waals surface area (Å²) >= 11 is 0. The van der Waals surface area contributed by atoms with Crippen LogP contribution in [0.15, 0.2) is 10.6 Å². The molecule has 6 heteroatoms. The van der Waals surface area contributed by atoms with Crippen LogP contribution in [0.3, 0.4) is 0 Å². The van der Waals surface area contributed by atoms with Crippen LogP contribution in [-0.4, -0.2) is 41.6 Å². The molecule has 6 nitrogen and oxygen atoms in total. The lowest BCUT2D eigenvalue weighted by atomic mass is 9.91. The van der Waals surface area contributed by atoms with E-state index in [4.69, 9.17) is 10.3 Å². The van der Waals surface area contributed by atoms with Crippen molar-refractivity contribution in [1.82, 2.24) is 10.1 Å². The molecule has 0 radical (unpaired) electrons. The Labute approximate surface area is 113 Å². The van der Waals surface area contributed by atoms with E-state index < -0.39 is 0 Å². The number of likely N-dealkylation sites (N-methyl/N-ethyl adjacent to an activating group) is 1. The van der Waals surface area contributed by atoms with Crippen molar-refractivity contribution in [2.75, 3.05) is 18.9 Å². The first-order valence-electron chi connectivity index (χ1n) is 6.73. The van der Waals surface area contributed by atoms with Gasteiger partial charge in [-0.1, -0.05) is 5.16 Å². The van der Waals surface area contributed by atoms with Crippen LogP contribution in [0.25, 0.3) is 0 Å². The van der Waals surface area contributed by atoms with E-state index in [-0.39, 0.29) is 5.91 Å². The predicted octanol–water partition coefficient (Wildman–Crippen LogP) is 1.12. The molecule has 1 fully saturated rings. The summed E-state index contributed by atoms with van der Waals surface area (Å²) in [7, 11) is 1.98. The summed E-state index contributed by atoms with van der Waals surface area (Å²) in [5, 5.41) is 6.47. The Morgan fingerprint density at radius 1 is 1.53 bits per heavy atom. The van der Waals surface area contributed by atoms with E-state index in [0.29, 0.717) is 30.2 Å². The highest BCUT2D eigenvalue weighted by molar-refractivity contribution is 5.91. The Morgan fingerprint density at radius 3 is 2.79 bits per heavy atom. The number of hydrogen-bond acceptors (Lipinski definition) is 5. The van der Waals surface area contributed by atoms with Crippen LogP contribution in [0.1, 0.15) is 31.4 Å². The Balaban J connectivity index is 1.78. The van der Waals surface area contributed by atoms with Gasteiger partial charge in [-0.3, -0.25) is 9.69 Å². The number of carbonyl (C=O) groups is 1. The zero-order valence-corrected chi connectivity index (χ0v) is 11.6. The molecule has 106 valence electrons. The van der Waals surface area contributed by atoms with Gasteiger partial charge in [-0.25, -0.2) is 0 Å². The van der Waals surface area contributed by atoms with Crippen LogP contribution < -0.4 is 11.1 Å². The van der Waals surface area contributed by atoms with Crippen LogP contribution in [0.2, 0.25) is 0 Å². The Hall–Kier alpha value is -1.40. The van der Waals surface area contributed by atoms with Gasteiger partial charge >= 0.3 is 0 Å². The summed E-state index contributed by atoms with van der Waals surface area (Å²) in [5.74, 6) is 1.09.